The van der Waals surface area contributed by atoms with E-state index in [1.54, 1.807) is 0 Å². The van der Waals surface area contributed by atoms with Crippen molar-refractivity contribution in [1.82, 2.24) is 10.6 Å². The van der Waals surface area contributed by atoms with E-state index in [4.69, 9.17) is 5.11 Å². The number of carbonyl (C=O) groups excluding carboxylic acids is 2. The second-order valence-electron chi connectivity index (χ2n) is 2.54. The molecule has 2 amide bonds. The van der Waals surface area contributed by atoms with Crippen molar-refractivity contribution in [3.8, 4) is 11.8 Å². The largest absolute Gasteiger partial charge is 0.453 e. The van der Waals surface area contributed by atoms with Crippen LogP contribution in [-0.2, 0) is 9.47 Å². The van der Waals surface area contributed by atoms with Gasteiger partial charge in [-0.15, -0.1) is 0 Å². The van der Waals surface area contributed by atoms with Crippen LogP contribution < -0.4 is 10.6 Å². The van der Waals surface area contributed by atoms with Crippen LogP contribution in [-0.4, -0.2) is 44.3 Å². The molecule has 0 rings (SSSR count). The van der Waals surface area contributed by atoms with Gasteiger partial charge in [0.05, 0.1) is 14.2 Å². The Kier molecular flexibility index (Phi) is 7.36. The zero-order chi connectivity index (χ0) is 12.4. The summed E-state index contributed by atoms with van der Waals surface area (Å²) in [5.74, 6) is 4.94. The van der Waals surface area contributed by atoms with Crippen molar-refractivity contribution in [1.29, 1.82) is 0 Å². The first-order valence-corrected chi connectivity index (χ1v) is 4.39. The fraction of sp³-hybridized carbons (Fsp3) is 0.556. The maximum atomic E-state index is 10.9. The minimum absolute atomic E-state index is 0.130. The number of rotatable bonds is 3. The molecule has 0 fully saturated rings. The maximum absolute atomic E-state index is 10.9. The average Bonchev–Trinajstić information content (AvgIpc) is 2.28. The Bertz CT molecular complexity index is 276. The highest BCUT2D eigenvalue weighted by atomic mass is 16.5. The molecule has 7 heteroatoms. The Morgan fingerprint density at radius 3 is 2.06 bits per heavy atom. The summed E-state index contributed by atoms with van der Waals surface area (Å²) in [6.07, 6.45) is -2.01. The molecule has 7 nitrogen and oxygen atoms in total. The summed E-state index contributed by atoms with van der Waals surface area (Å²) in [7, 11) is 2.40. The quantitative estimate of drug-likeness (QED) is 0.445. The molecular formula is C9H14N2O5. The molecule has 0 aliphatic carbocycles. The number of methoxy groups -OCH3 is 2. The van der Waals surface area contributed by atoms with Crippen molar-refractivity contribution >= 4 is 12.2 Å². The molecule has 0 atom stereocenters. The van der Waals surface area contributed by atoms with E-state index in [0.29, 0.717) is 0 Å². The highest BCUT2D eigenvalue weighted by Crippen LogP contribution is 1.89. The van der Waals surface area contributed by atoms with Gasteiger partial charge in [0.15, 0.2) is 0 Å². The lowest BCUT2D eigenvalue weighted by atomic mass is 10.3. The molecule has 0 bridgehead atoms. The summed E-state index contributed by atoms with van der Waals surface area (Å²) in [6.45, 7) is -0.289. The highest BCUT2D eigenvalue weighted by Gasteiger charge is 2.13. The summed E-state index contributed by atoms with van der Waals surface area (Å²) in [5.41, 5.74) is 0. The predicted octanol–water partition coefficient (Wildman–Crippen LogP) is -0.590. The molecule has 0 aromatic rings. The van der Waals surface area contributed by atoms with Gasteiger partial charge in [-0.1, -0.05) is 11.8 Å². The van der Waals surface area contributed by atoms with Crippen LogP contribution in [0, 0.1) is 11.8 Å². The van der Waals surface area contributed by atoms with Gasteiger partial charge in [-0.25, -0.2) is 9.59 Å². The van der Waals surface area contributed by atoms with Crippen LogP contribution in [0.5, 0.6) is 0 Å². The van der Waals surface area contributed by atoms with Gasteiger partial charge in [0.2, 0.25) is 0 Å². The Morgan fingerprint density at radius 2 is 1.69 bits per heavy atom. The standard InChI is InChI=1S/C9H14N2O5/c1-15-8(13)10-7(5-3-4-6-12)11-9(14)16-2/h7,12H,5-6H2,1-2H3,(H,10,13)(H,11,14). The minimum Gasteiger partial charge on any atom is -0.453 e. The zero-order valence-electron chi connectivity index (χ0n) is 9.07. The fourth-order valence-electron chi connectivity index (χ4n) is 0.771. The average molecular weight is 230 g/mol. The van der Waals surface area contributed by atoms with E-state index in [9.17, 15) is 9.59 Å². The Balaban J connectivity index is 4.26. The number of nitrogens with one attached hydrogen (secondary N) is 2. The second-order valence-corrected chi connectivity index (χ2v) is 2.54. The number of alkyl carbamates (subject to hydrolysis) is 2. The van der Waals surface area contributed by atoms with Gasteiger partial charge in [0.25, 0.3) is 0 Å². The molecule has 0 unspecified atom stereocenters. The van der Waals surface area contributed by atoms with Crippen LogP contribution in [0.4, 0.5) is 9.59 Å². The van der Waals surface area contributed by atoms with Crippen LogP contribution in [0.25, 0.3) is 0 Å². The van der Waals surface area contributed by atoms with Gasteiger partial charge in [0, 0.05) is 6.42 Å². The molecule has 0 heterocycles. The number of amides is 2. The van der Waals surface area contributed by atoms with Crippen molar-refractivity contribution in [2.45, 2.75) is 12.6 Å². The molecule has 0 saturated carbocycles. The molecule has 0 spiro atoms. The van der Waals surface area contributed by atoms with Gasteiger partial charge in [0.1, 0.15) is 12.8 Å². The third-order valence-corrected chi connectivity index (χ3v) is 1.47. The molecule has 0 aliphatic heterocycles. The molecule has 0 saturated heterocycles. The fourth-order valence-corrected chi connectivity index (χ4v) is 0.771. The first kappa shape index (κ1) is 14.1. The number of carbonyl (C=O) groups is 2. The van der Waals surface area contributed by atoms with E-state index in [1.807, 2.05) is 0 Å². The first-order valence-electron chi connectivity index (χ1n) is 4.39. The normalized spacial score (nSPS) is 8.75. The van der Waals surface area contributed by atoms with Gasteiger partial charge in [-0.05, 0) is 0 Å². The smallest absolute Gasteiger partial charge is 0.408 e. The highest BCUT2D eigenvalue weighted by molar-refractivity contribution is 5.70. The SMILES string of the molecule is COC(=O)NC(CC#CCO)NC(=O)OC. The van der Waals surface area contributed by atoms with Crippen molar-refractivity contribution in [3.63, 3.8) is 0 Å². The lowest BCUT2D eigenvalue weighted by Gasteiger charge is -2.16. The van der Waals surface area contributed by atoms with Crippen LogP contribution >= 0.6 is 0 Å². The monoisotopic (exact) mass is 230 g/mol. The summed E-state index contributed by atoms with van der Waals surface area (Å²) in [4.78, 5) is 21.8. The lowest BCUT2D eigenvalue weighted by molar-refractivity contribution is 0.153. The zero-order valence-corrected chi connectivity index (χ0v) is 9.07. The number of ether oxygens (including phenoxy) is 2. The van der Waals surface area contributed by atoms with Crippen molar-refractivity contribution in [2.24, 2.45) is 0 Å². The van der Waals surface area contributed by atoms with Gasteiger partial charge < -0.3 is 25.2 Å². The molecule has 0 aromatic heterocycles. The topological polar surface area (TPSA) is 96.9 Å². The van der Waals surface area contributed by atoms with Crippen LogP contribution in [0.1, 0.15) is 6.42 Å². The van der Waals surface area contributed by atoms with Crippen LogP contribution in [0.15, 0.2) is 0 Å². The van der Waals surface area contributed by atoms with E-state index in [1.165, 1.54) is 14.2 Å². The lowest BCUT2D eigenvalue weighted by Crippen LogP contribution is -2.47. The molecular weight excluding hydrogens is 216 g/mol. The van der Waals surface area contributed by atoms with E-state index in [0.717, 1.165) is 0 Å². The molecule has 0 aliphatic rings. The molecule has 0 radical (unpaired) electrons. The molecule has 0 aromatic carbocycles. The van der Waals surface area contributed by atoms with E-state index < -0.39 is 18.4 Å². The van der Waals surface area contributed by atoms with Crippen LogP contribution in [0.2, 0.25) is 0 Å². The van der Waals surface area contributed by atoms with Crippen LogP contribution in [0.3, 0.4) is 0 Å². The summed E-state index contributed by atoms with van der Waals surface area (Å²) >= 11 is 0. The van der Waals surface area contributed by atoms with Crippen molar-refractivity contribution in [2.75, 3.05) is 20.8 Å². The van der Waals surface area contributed by atoms with Gasteiger partial charge in [-0.3, -0.25) is 0 Å². The summed E-state index contributed by atoms with van der Waals surface area (Å²) in [6, 6.07) is 0. The summed E-state index contributed by atoms with van der Waals surface area (Å²) in [5, 5.41) is 13.1. The number of hydrogen-bond acceptors (Lipinski definition) is 5. The van der Waals surface area contributed by atoms with Gasteiger partial charge >= 0.3 is 12.2 Å². The second kappa shape index (κ2) is 8.38. The van der Waals surface area contributed by atoms with Crippen molar-refractivity contribution < 1.29 is 24.2 Å². The van der Waals surface area contributed by atoms with E-state index in [-0.39, 0.29) is 13.0 Å². The summed E-state index contributed by atoms with van der Waals surface area (Å²) < 4.78 is 8.72. The first-order chi connectivity index (χ1) is 7.63. The Morgan fingerprint density at radius 1 is 1.19 bits per heavy atom. The van der Waals surface area contributed by atoms with Gasteiger partial charge in [-0.2, -0.15) is 0 Å². The van der Waals surface area contributed by atoms with E-state index in [2.05, 4.69) is 31.9 Å². The van der Waals surface area contributed by atoms with E-state index >= 15 is 0 Å². The predicted molar refractivity (Wildman–Crippen MR) is 54.3 cm³/mol. The number of aliphatic hydroxyl groups is 1. The Hall–Kier alpha value is -1.94. The third kappa shape index (κ3) is 6.50. The number of hydrogen-bond donors (Lipinski definition) is 3. The van der Waals surface area contributed by atoms with Crippen molar-refractivity contribution in [3.05, 3.63) is 0 Å². The maximum Gasteiger partial charge on any atom is 0.408 e. The third-order valence-electron chi connectivity index (χ3n) is 1.47. The molecule has 16 heavy (non-hydrogen) atoms. The molecule has 3 N–H and O–H groups in total. The minimum atomic E-state index is -0.737. The number of aliphatic hydroxyl groups excluding tert-OH is 1. The Labute approximate surface area is 93.1 Å². The molecule has 90 valence electrons.